The zero-order chi connectivity index (χ0) is 20.7. The summed E-state index contributed by atoms with van der Waals surface area (Å²) in [6, 6.07) is 16.0. The standard InChI is InChI=1S/C23H18N4O2S/c1-14-6-8-16(9-7-14)18-12-30-22-20(18)23(28)27(13-24-22)11-19-25-21(26-29-19)17-5-3-4-15(2)10-17/h3-10,12-13H,11H2,1-2H3. The Hall–Kier alpha value is -3.58. The second kappa shape index (κ2) is 7.35. The van der Waals surface area contributed by atoms with Gasteiger partial charge in [-0.1, -0.05) is 58.7 Å². The van der Waals surface area contributed by atoms with Crippen LogP contribution in [0.15, 0.2) is 69.6 Å². The summed E-state index contributed by atoms with van der Waals surface area (Å²) >= 11 is 1.47. The highest BCUT2D eigenvalue weighted by Gasteiger charge is 2.15. The first-order valence-corrected chi connectivity index (χ1v) is 10.4. The minimum Gasteiger partial charge on any atom is -0.337 e. The first-order valence-electron chi connectivity index (χ1n) is 9.52. The van der Waals surface area contributed by atoms with E-state index in [2.05, 4.69) is 15.1 Å². The molecule has 148 valence electrons. The van der Waals surface area contributed by atoms with Gasteiger partial charge < -0.3 is 4.52 Å². The van der Waals surface area contributed by atoms with Crippen LogP contribution in [-0.4, -0.2) is 19.7 Å². The molecule has 6 nitrogen and oxygen atoms in total. The number of thiophene rings is 1. The molecule has 0 spiro atoms. The first-order chi connectivity index (χ1) is 14.6. The zero-order valence-electron chi connectivity index (χ0n) is 16.5. The van der Waals surface area contributed by atoms with Crippen molar-refractivity contribution in [3.8, 4) is 22.5 Å². The van der Waals surface area contributed by atoms with Crippen molar-refractivity contribution in [2.45, 2.75) is 20.4 Å². The molecule has 5 rings (SSSR count). The first kappa shape index (κ1) is 18.4. The van der Waals surface area contributed by atoms with Gasteiger partial charge in [-0.3, -0.25) is 9.36 Å². The Morgan fingerprint density at radius 1 is 1.03 bits per heavy atom. The van der Waals surface area contributed by atoms with Crippen molar-refractivity contribution in [2.75, 3.05) is 0 Å². The van der Waals surface area contributed by atoms with Gasteiger partial charge in [-0.25, -0.2) is 4.98 Å². The highest BCUT2D eigenvalue weighted by Crippen LogP contribution is 2.30. The second-order valence-electron chi connectivity index (χ2n) is 7.25. The number of nitrogens with zero attached hydrogens (tertiary/aromatic N) is 4. The van der Waals surface area contributed by atoms with Gasteiger partial charge in [0.2, 0.25) is 11.7 Å². The normalized spacial score (nSPS) is 11.3. The fourth-order valence-corrected chi connectivity index (χ4v) is 4.30. The molecule has 0 N–H and O–H groups in total. The molecule has 0 radical (unpaired) electrons. The molecule has 0 unspecified atom stereocenters. The lowest BCUT2D eigenvalue weighted by atomic mass is 10.1. The Morgan fingerprint density at radius 2 is 1.87 bits per heavy atom. The van der Waals surface area contributed by atoms with Crippen LogP contribution in [0.5, 0.6) is 0 Å². The van der Waals surface area contributed by atoms with Gasteiger partial charge in [-0.2, -0.15) is 4.98 Å². The van der Waals surface area contributed by atoms with Crippen LogP contribution in [0.4, 0.5) is 0 Å². The molecule has 2 aromatic carbocycles. The van der Waals surface area contributed by atoms with Crippen molar-refractivity contribution in [2.24, 2.45) is 0 Å². The van der Waals surface area contributed by atoms with E-state index in [0.717, 1.165) is 27.1 Å². The van der Waals surface area contributed by atoms with Crippen LogP contribution in [0.3, 0.4) is 0 Å². The van der Waals surface area contributed by atoms with E-state index < -0.39 is 0 Å². The van der Waals surface area contributed by atoms with E-state index in [-0.39, 0.29) is 12.1 Å². The topological polar surface area (TPSA) is 73.8 Å². The fraction of sp³-hybridized carbons (Fsp3) is 0.130. The van der Waals surface area contributed by atoms with Gasteiger partial charge in [-0.05, 0) is 25.5 Å². The second-order valence-corrected chi connectivity index (χ2v) is 8.11. The van der Waals surface area contributed by atoms with Crippen LogP contribution >= 0.6 is 11.3 Å². The molecule has 0 atom stereocenters. The Balaban J connectivity index is 1.51. The zero-order valence-corrected chi connectivity index (χ0v) is 17.3. The van der Waals surface area contributed by atoms with Crippen molar-refractivity contribution < 1.29 is 4.52 Å². The predicted octanol–water partition coefficient (Wildman–Crippen LogP) is 4.84. The smallest absolute Gasteiger partial charge is 0.263 e. The van der Waals surface area contributed by atoms with E-state index in [1.54, 1.807) is 0 Å². The average molecular weight is 414 g/mol. The van der Waals surface area contributed by atoms with Crippen molar-refractivity contribution in [1.29, 1.82) is 0 Å². The molecule has 3 aromatic heterocycles. The third-order valence-corrected chi connectivity index (χ3v) is 5.86. The Bertz CT molecular complexity index is 1410. The molecule has 0 saturated heterocycles. The van der Waals surface area contributed by atoms with E-state index in [4.69, 9.17) is 4.52 Å². The molecule has 30 heavy (non-hydrogen) atoms. The van der Waals surface area contributed by atoms with Gasteiger partial charge >= 0.3 is 0 Å². The summed E-state index contributed by atoms with van der Waals surface area (Å²) in [6.07, 6.45) is 1.54. The van der Waals surface area contributed by atoms with Crippen LogP contribution < -0.4 is 5.56 Å². The highest BCUT2D eigenvalue weighted by atomic mass is 32.1. The van der Waals surface area contributed by atoms with E-state index >= 15 is 0 Å². The van der Waals surface area contributed by atoms with Crippen LogP contribution in [0.25, 0.3) is 32.7 Å². The number of hydrogen-bond donors (Lipinski definition) is 0. The maximum Gasteiger partial charge on any atom is 0.263 e. The third kappa shape index (κ3) is 3.33. The summed E-state index contributed by atoms with van der Waals surface area (Å²) in [5, 5.41) is 6.66. The number of benzene rings is 2. The molecule has 0 amide bonds. The molecule has 3 heterocycles. The van der Waals surface area contributed by atoms with Crippen molar-refractivity contribution in [3.05, 3.63) is 87.6 Å². The minimum atomic E-state index is -0.118. The summed E-state index contributed by atoms with van der Waals surface area (Å²) in [7, 11) is 0. The van der Waals surface area contributed by atoms with Gasteiger partial charge in [0, 0.05) is 16.5 Å². The summed E-state index contributed by atoms with van der Waals surface area (Å²) in [5.41, 5.74) is 4.95. The van der Waals surface area contributed by atoms with Crippen LogP contribution in [0.2, 0.25) is 0 Å². The Kier molecular flexibility index (Phi) is 4.52. The lowest BCUT2D eigenvalue weighted by molar-refractivity contribution is 0.369. The lowest BCUT2D eigenvalue weighted by Gasteiger charge is -2.04. The SMILES string of the molecule is Cc1ccc(-c2csc3ncn(Cc4nc(-c5cccc(C)c5)no4)c(=O)c23)cc1. The summed E-state index contributed by atoms with van der Waals surface area (Å²) < 4.78 is 6.91. The summed E-state index contributed by atoms with van der Waals surface area (Å²) in [6.45, 7) is 4.22. The molecule has 5 aromatic rings. The van der Waals surface area contributed by atoms with E-state index in [1.807, 2.05) is 67.8 Å². The largest absolute Gasteiger partial charge is 0.337 e. The molecule has 0 aliphatic heterocycles. The predicted molar refractivity (Wildman–Crippen MR) is 118 cm³/mol. The third-order valence-electron chi connectivity index (χ3n) is 4.97. The maximum absolute atomic E-state index is 13.2. The maximum atomic E-state index is 13.2. The molecule has 0 fully saturated rings. The fourth-order valence-electron chi connectivity index (χ4n) is 3.39. The van der Waals surface area contributed by atoms with Gasteiger partial charge in [0.05, 0.1) is 11.7 Å². The minimum absolute atomic E-state index is 0.118. The molecule has 0 aliphatic rings. The van der Waals surface area contributed by atoms with Crippen molar-refractivity contribution >= 4 is 21.6 Å². The monoisotopic (exact) mass is 414 g/mol. The number of aromatic nitrogens is 4. The van der Waals surface area contributed by atoms with Crippen molar-refractivity contribution in [3.63, 3.8) is 0 Å². The molecule has 0 saturated carbocycles. The van der Waals surface area contributed by atoms with Gasteiger partial charge in [0.25, 0.3) is 5.56 Å². The van der Waals surface area contributed by atoms with Gasteiger partial charge in [-0.15, -0.1) is 11.3 Å². The number of aryl methyl sites for hydroxylation is 2. The van der Waals surface area contributed by atoms with Crippen LogP contribution in [0, 0.1) is 13.8 Å². The molecular formula is C23H18N4O2S. The lowest BCUT2D eigenvalue weighted by Crippen LogP contribution is -2.21. The van der Waals surface area contributed by atoms with Crippen LogP contribution in [-0.2, 0) is 6.54 Å². The Morgan fingerprint density at radius 3 is 2.67 bits per heavy atom. The molecule has 7 heteroatoms. The van der Waals surface area contributed by atoms with E-state index in [0.29, 0.717) is 17.1 Å². The molecule has 0 bridgehead atoms. The quantitative estimate of drug-likeness (QED) is 0.421. The van der Waals surface area contributed by atoms with Gasteiger partial charge in [0.1, 0.15) is 11.4 Å². The van der Waals surface area contributed by atoms with Crippen molar-refractivity contribution in [1.82, 2.24) is 19.7 Å². The van der Waals surface area contributed by atoms with Crippen LogP contribution in [0.1, 0.15) is 17.0 Å². The number of rotatable bonds is 4. The van der Waals surface area contributed by atoms with E-state index in [9.17, 15) is 4.79 Å². The summed E-state index contributed by atoms with van der Waals surface area (Å²) in [4.78, 5) is 22.9. The highest BCUT2D eigenvalue weighted by molar-refractivity contribution is 7.17. The Labute approximate surface area is 176 Å². The number of fused-ring (bicyclic) bond motifs is 1. The van der Waals surface area contributed by atoms with E-state index in [1.165, 1.54) is 27.8 Å². The number of hydrogen-bond acceptors (Lipinski definition) is 6. The average Bonchev–Trinajstić information content (AvgIpc) is 3.38. The van der Waals surface area contributed by atoms with Gasteiger partial charge in [0.15, 0.2) is 0 Å². The molecular weight excluding hydrogens is 396 g/mol. The molecule has 0 aliphatic carbocycles. The summed E-state index contributed by atoms with van der Waals surface area (Å²) in [5.74, 6) is 0.869.